The number of carbonyl (C=O) groups excluding carboxylic acids is 1. The van der Waals surface area contributed by atoms with Gasteiger partial charge in [0.05, 0.1) is 11.0 Å². The van der Waals surface area contributed by atoms with Crippen LogP contribution in [0.3, 0.4) is 0 Å². The van der Waals surface area contributed by atoms with E-state index in [0.29, 0.717) is 17.1 Å². The fourth-order valence-corrected chi connectivity index (χ4v) is 2.50. The van der Waals surface area contributed by atoms with Crippen molar-refractivity contribution in [2.75, 3.05) is 5.32 Å². The second-order valence-corrected chi connectivity index (χ2v) is 5.43. The lowest BCUT2D eigenvalue weighted by Crippen LogP contribution is -2.15. The van der Waals surface area contributed by atoms with Crippen LogP contribution in [-0.4, -0.2) is 25.8 Å². The standard InChI is InChI=1S/C18H13N5O2/c24-16-9-11(6-8-20-16)18(25)21-12-4-5-13-15(10-12)23-17(22-13)14-3-1-2-7-19-14/h1-10H,(H,20,24)(H,21,25)(H,22,23). The van der Waals surface area contributed by atoms with E-state index in [1.165, 1.54) is 12.3 Å². The van der Waals surface area contributed by atoms with E-state index < -0.39 is 0 Å². The highest BCUT2D eigenvalue weighted by Gasteiger charge is 2.09. The molecule has 1 amide bonds. The molecule has 0 saturated heterocycles. The third-order valence-electron chi connectivity index (χ3n) is 3.68. The van der Waals surface area contributed by atoms with E-state index in [0.717, 1.165) is 16.7 Å². The number of pyridine rings is 2. The molecule has 3 N–H and O–H groups in total. The van der Waals surface area contributed by atoms with Crippen LogP contribution in [0.5, 0.6) is 0 Å². The van der Waals surface area contributed by atoms with Crippen molar-refractivity contribution in [1.29, 1.82) is 0 Å². The summed E-state index contributed by atoms with van der Waals surface area (Å²) in [7, 11) is 0. The fourth-order valence-electron chi connectivity index (χ4n) is 2.50. The molecule has 0 bridgehead atoms. The van der Waals surface area contributed by atoms with Crippen molar-refractivity contribution in [3.05, 3.63) is 76.8 Å². The first-order valence-electron chi connectivity index (χ1n) is 7.60. The molecule has 7 heteroatoms. The summed E-state index contributed by atoms with van der Waals surface area (Å²) in [5, 5.41) is 2.77. The molecule has 0 atom stereocenters. The predicted molar refractivity (Wildman–Crippen MR) is 94.3 cm³/mol. The van der Waals surface area contributed by atoms with E-state index in [9.17, 15) is 9.59 Å². The summed E-state index contributed by atoms with van der Waals surface area (Å²) in [6.45, 7) is 0. The Labute approximate surface area is 141 Å². The molecule has 0 radical (unpaired) electrons. The number of H-pyrrole nitrogens is 2. The number of anilines is 1. The molecule has 4 aromatic rings. The van der Waals surface area contributed by atoms with Crippen molar-refractivity contribution >= 4 is 22.6 Å². The lowest BCUT2D eigenvalue weighted by molar-refractivity contribution is 0.102. The lowest BCUT2D eigenvalue weighted by atomic mass is 10.2. The number of nitrogens with one attached hydrogen (secondary N) is 3. The summed E-state index contributed by atoms with van der Waals surface area (Å²) >= 11 is 0. The van der Waals surface area contributed by atoms with Gasteiger partial charge in [0.15, 0.2) is 5.82 Å². The average Bonchev–Trinajstić information content (AvgIpc) is 3.06. The molecule has 122 valence electrons. The maximum absolute atomic E-state index is 12.2. The van der Waals surface area contributed by atoms with Gasteiger partial charge in [-0.15, -0.1) is 0 Å². The zero-order valence-electron chi connectivity index (χ0n) is 13.0. The quantitative estimate of drug-likeness (QED) is 0.537. The smallest absolute Gasteiger partial charge is 0.255 e. The minimum atomic E-state index is -0.352. The van der Waals surface area contributed by atoms with Crippen LogP contribution < -0.4 is 10.9 Å². The molecule has 7 nitrogen and oxygen atoms in total. The third kappa shape index (κ3) is 3.02. The molecule has 0 spiro atoms. The number of benzene rings is 1. The number of fused-ring (bicyclic) bond motifs is 1. The predicted octanol–water partition coefficient (Wildman–Crippen LogP) is 2.57. The molecule has 25 heavy (non-hydrogen) atoms. The number of nitrogens with zero attached hydrogens (tertiary/aromatic N) is 2. The van der Waals surface area contributed by atoms with Crippen molar-refractivity contribution in [1.82, 2.24) is 19.9 Å². The molecule has 0 unspecified atom stereocenters. The van der Waals surface area contributed by atoms with Crippen molar-refractivity contribution in [3.8, 4) is 11.5 Å². The Balaban J connectivity index is 1.63. The first-order valence-corrected chi connectivity index (χ1v) is 7.60. The Morgan fingerprint density at radius 2 is 2.00 bits per heavy atom. The average molecular weight is 331 g/mol. The summed E-state index contributed by atoms with van der Waals surface area (Å²) in [6, 6.07) is 13.8. The van der Waals surface area contributed by atoms with E-state index in [-0.39, 0.29) is 11.5 Å². The topological polar surface area (TPSA) is 104 Å². The minimum absolute atomic E-state index is 0.294. The number of aromatic nitrogens is 4. The maximum Gasteiger partial charge on any atom is 0.255 e. The molecule has 0 aliphatic carbocycles. The van der Waals surface area contributed by atoms with E-state index in [4.69, 9.17) is 0 Å². The Kier molecular flexibility index (Phi) is 3.59. The molecule has 3 heterocycles. The molecule has 1 aromatic carbocycles. The largest absolute Gasteiger partial charge is 0.337 e. The summed E-state index contributed by atoms with van der Waals surface area (Å²) in [5.41, 5.74) is 2.88. The number of hydrogen-bond donors (Lipinski definition) is 3. The Morgan fingerprint density at radius 1 is 1.08 bits per heavy atom. The first-order chi connectivity index (χ1) is 12.2. The Morgan fingerprint density at radius 3 is 2.80 bits per heavy atom. The van der Waals surface area contributed by atoms with Crippen LogP contribution >= 0.6 is 0 Å². The van der Waals surface area contributed by atoms with Gasteiger partial charge in [-0.05, 0) is 36.4 Å². The molecule has 3 aromatic heterocycles. The van der Waals surface area contributed by atoms with Crippen LogP contribution in [0.1, 0.15) is 10.4 Å². The molecule has 0 aliphatic heterocycles. The van der Waals surface area contributed by atoms with Gasteiger partial charge in [-0.25, -0.2) is 4.98 Å². The van der Waals surface area contributed by atoms with Crippen LogP contribution in [0.15, 0.2) is 65.7 Å². The van der Waals surface area contributed by atoms with Gasteiger partial charge in [-0.2, -0.15) is 0 Å². The highest BCUT2D eigenvalue weighted by molar-refractivity contribution is 6.04. The zero-order valence-corrected chi connectivity index (χ0v) is 13.0. The second kappa shape index (κ2) is 6.04. The van der Waals surface area contributed by atoms with Gasteiger partial charge in [0.25, 0.3) is 5.91 Å². The number of amides is 1. The first kappa shape index (κ1) is 14.8. The van der Waals surface area contributed by atoms with Gasteiger partial charge in [0, 0.05) is 29.7 Å². The van der Waals surface area contributed by atoms with Crippen LogP contribution in [0.25, 0.3) is 22.6 Å². The molecule has 0 aliphatic rings. The van der Waals surface area contributed by atoms with Crippen LogP contribution in [0.2, 0.25) is 0 Å². The number of imidazole rings is 1. The van der Waals surface area contributed by atoms with Crippen molar-refractivity contribution in [3.63, 3.8) is 0 Å². The number of carbonyl (C=O) groups is 1. The second-order valence-electron chi connectivity index (χ2n) is 5.43. The highest BCUT2D eigenvalue weighted by atomic mass is 16.2. The SMILES string of the molecule is O=C(Nc1ccc2nc(-c3ccccn3)[nH]c2c1)c1cc[nH]c(=O)c1. The maximum atomic E-state index is 12.2. The Bertz CT molecular complexity index is 1110. The summed E-state index contributed by atoms with van der Waals surface area (Å²) in [6.07, 6.45) is 3.14. The third-order valence-corrected chi connectivity index (χ3v) is 3.68. The van der Waals surface area contributed by atoms with Crippen LogP contribution in [0.4, 0.5) is 5.69 Å². The molecular weight excluding hydrogens is 318 g/mol. The lowest BCUT2D eigenvalue weighted by Gasteiger charge is -2.04. The van der Waals surface area contributed by atoms with E-state index in [1.807, 2.05) is 24.3 Å². The monoisotopic (exact) mass is 331 g/mol. The van der Waals surface area contributed by atoms with E-state index in [2.05, 4.69) is 25.3 Å². The van der Waals surface area contributed by atoms with Crippen molar-refractivity contribution in [2.24, 2.45) is 0 Å². The van der Waals surface area contributed by atoms with Gasteiger partial charge in [0.1, 0.15) is 5.69 Å². The number of rotatable bonds is 3. The summed E-state index contributed by atoms with van der Waals surface area (Å²) in [4.78, 5) is 38.0. The molecule has 4 rings (SSSR count). The number of hydrogen-bond acceptors (Lipinski definition) is 4. The minimum Gasteiger partial charge on any atom is -0.337 e. The zero-order chi connectivity index (χ0) is 17.2. The van der Waals surface area contributed by atoms with Gasteiger partial charge < -0.3 is 15.3 Å². The molecule has 0 fully saturated rings. The molecule has 0 saturated carbocycles. The molecular formula is C18H13N5O2. The van der Waals surface area contributed by atoms with Crippen molar-refractivity contribution in [2.45, 2.75) is 0 Å². The fraction of sp³-hybridized carbons (Fsp3) is 0. The van der Waals surface area contributed by atoms with Gasteiger partial charge in [-0.1, -0.05) is 6.07 Å². The van der Waals surface area contributed by atoms with Gasteiger partial charge in [-0.3, -0.25) is 14.6 Å². The van der Waals surface area contributed by atoms with Crippen LogP contribution in [0, 0.1) is 0 Å². The van der Waals surface area contributed by atoms with E-state index >= 15 is 0 Å². The van der Waals surface area contributed by atoms with Gasteiger partial charge >= 0.3 is 0 Å². The normalized spacial score (nSPS) is 10.7. The van der Waals surface area contributed by atoms with E-state index in [1.54, 1.807) is 24.4 Å². The Hall–Kier alpha value is -3.74. The number of aromatic amines is 2. The summed E-state index contributed by atoms with van der Waals surface area (Å²) < 4.78 is 0. The van der Waals surface area contributed by atoms with Crippen LogP contribution in [-0.2, 0) is 0 Å². The van der Waals surface area contributed by atoms with Gasteiger partial charge in [0.2, 0.25) is 5.56 Å². The summed E-state index contributed by atoms with van der Waals surface area (Å²) in [5.74, 6) is 0.309. The van der Waals surface area contributed by atoms with Crippen molar-refractivity contribution < 1.29 is 4.79 Å². The highest BCUT2D eigenvalue weighted by Crippen LogP contribution is 2.21.